The van der Waals surface area contributed by atoms with E-state index in [1.54, 1.807) is 0 Å². The number of fused-ring (bicyclic) bond motifs is 1. The Morgan fingerprint density at radius 2 is 2.00 bits per heavy atom. The van der Waals surface area contributed by atoms with Gasteiger partial charge in [-0.1, -0.05) is 30.4 Å². The van der Waals surface area contributed by atoms with Crippen LogP contribution in [0.3, 0.4) is 0 Å². The topological polar surface area (TPSA) is 36.1 Å². The maximum absolute atomic E-state index is 11.0. The van der Waals surface area contributed by atoms with Crippen molar-refractivity contribution >= 4 is 40.7 Å². The Hall–Kier alpha value is -1.59. The van der Waals surface area contributed by atoms with Crippen molar-refractivity contribution in [3.05, 3.63) is 60.0 Å². The van der Waals surface area contributed by atoms with Crippen LogP contribution in [0.4, 0.5) is 0 Å². The van der Waals surface area contributed by atoms with E-state index >= 15 is 0 Å². The van der Waals surface area contributed by atoms with Gasteiger partial charge in [-0.2, -0.15) is 0 Å². The van der Waals surface area contributed by atoms with Crippen LogP contribution in [-0.4, -0.2) is 41.8 Å². The van der Waals surface area contributed by atoms with E-state index in [-0.39, 0.29) is 10.1 Å². The number of nitrogens with one attached hydrogen (secondary N) is 1. The molecule has 3 rings (SSSR count). The molecule has 0 spiro atoms. The number of likely N-dealkylation sites (N-methyl/N-ethyl adjacent to an activating group) is 1. The minimum Gasteiger partial charge on any atom is -0.371 e. The Balaban J connectivity index is 2.08. The molecule has 1 atom stereocenters. The zero-order chi connectivity index (χ0) is 16.4. The number of H-pyrrole nitrogens is 1. The van der Waals surface area contributed by atoms with Gasteiger partial charge in [0.15, 0.2) is 6.29 Å². The summed E-state index contributed by atoms with van der Waals surface area (Å²) in [6.45, 7) is 0. The Bertz CT molecular complexity index is 741. The minimum absolute atomic E-state index is 0.157. The van der Waals surface area contributed by atoms with Crippen molar-refractivity contribution in [2.45, 2.75) is 10.1 Å². The van der Waals surface area contributed by atoms with Crippen molar-refractivity contribution in [3.8, 4) is 0 Å². The monoisotopic (exact) mass is 344 g/mol. The van der Waals surface area contributed by atoms with Gasteiger partial charge < -0.3 is 9.88 Å². The lowest BCUT2D eigenvalue weighted by Crippen LogP contribution is -2.43. The van der Waals surface area contributed by atoms with Gasteiger partial charge in [-0.05, 0) is 30.0 Å². The van der Waals surface area contributed by atoms with E-state index in [1.165, 1.54) is 11.1 Å². The summed E-state index contributed by atoms with van der Waals surface area (Å²) >= 11 is 3.65. The zero-order valence-corrected chi connectivity index (χ0v) is 15.1. The molecule has 1 aromatic heterocycles. The second-order valence-corrected chi connectivity index (χ2v) is 7.93. The molecule has 3 nitrogen and oxygen atoms in total. The molecule has 1 aromatic carbocycles. The molecule has 1 N–H and O–H groups in total. The lowest BCUT2D eigenvalue weighted by atomic mass is 10.0. The number of aldehydes is 1. The first-order valence-electron chi connectivity index (χ1n) is 7.40. The maximum Gasteiger partial charge on any atom is 0.151 e. The van der Waals surface area contributed by atoms with E-state index in [4.69, 9.17) is 0 Å². The number of nitrogens with zero attached hydrogens (tertiary/aromatic N) is 1. The average molecular weight is 345 g/mol. The number of thioether (sulfide) groups is 2. The number of para-hydroxylation sites is 1. The first-order valence-corrected chi connectivity index (χ1v) is 9.85. The summed E-state index contributed by atoms with van der Waals surface area (Å²) in [6.07, 6.45) is 11.1. The molecule has 0 fully saturated rings. The van der Waals surface area contributed by atoms with Crippen molar-refractivity contribution in [1.29, 1.82) is 0 Å². The van der Waals surface area contributed by atoms with Crippen LogP contribution in [0.25, 0.3) is 10.9 Å². The summed E-state index contributed by atoms with van der Waals surface area (Å²) in [5.74, 6) is 0. The number of hydrogen-bond donors (Lipinski definition) is 1. The van der Waals surface area contributed by atoms with Gasteiger partial charge in [0.2, 0.25) is 0 Å². The van der Waals surface area contributed by atoms with E-state index in [1.807, 2.05) is 48.9 Å². The molecule has 0 amide bonds. The molecular formula is C18H20N2OS2. The summed E-state index contributed by atoms with van der Waals surface area (Å²) in [5.41, 5.74) is 3.06. The number of carbonyl (C=O) groups excluding carboxylic acids is 1. The normalized spacial score (nSPS) is 18.3. The summed E-state index contributed by atoms with van der Waals surface area (Å²) in [7, 11) is 2.03. The molecular weight excluding hydrogens is 324 g/mol. The van der Waals surface area contributed by atoms with Crippen LogP contribution in [0, 0.1) is 0 Å². The van der Waals surface area contributed by atoms with E-state index < -0.39 is 0 Å². The predicted octanol–water partition coefficient (Wildman–Crippen LogP) is 4.00. The fraction of sp³-hybridized carbons (Fsp3) is 0.278. The van der Waals surface area contributed by atoms with Crippen LogP contribution in [0.1, 0.15) is 5.69 Å². The Labute approximate surface area is 145 Å². The molecule has 2 heterocycles. The Morgan fingerprint density at radius 1 is 1.26 bits per heavy atom. The van der Waals surface area contributed by atoms with Gasteiger partial charge in [0.05, 0.1) is 6.04 Å². The van der Waals surface area contributed by atoms with E-state index in [9.17, 15) is 4.79 Å². The van der Waals surface area contributed by atoms with Crippen LogP contribution < -0.4 is 0 Å². The third-order valence-electron chi connectivity index (χ3n) is 4.30. The molecule has 0 saturated carbocycles. The molecule has 0 bridgehead atoms. The first-order chi connectivity index (χ1) is 11.1. The van der Waals surface area contributed by atoms with Gasteiger partial charge in [-0.3, -0.25) is 4.79 Å². The molecule has 23 heavy (non-hydrogen) atoms. The van der Waals surface area contributed by atoms with Gasteiger partial charge >= 0.3 is 0 Å². The van der Waals surface area contributed by atoms with E-state index in [2.05, 4.69) is 52.7 Å². The number of aromatic amines is 1. The highest BCUT2D eigenvalue weighted by Crippen LogP contribution is 2.49. The first kappa shape index (κ1) is 16.3. The number of rotatable bonds is 5. The molecule has 0 aliphatic carbocycles. The fourth-order valence-corrected chi connectivity index (χ4v) is 5.43. The van der Waals surface area contributed by atoms with Gasteiger partial charge in [-0.25, -0.2) is 0 Å². The lowest BCUT2D eigenvalue weighted by Gasteiger charge is -2.42. The maximum atomic E-state index is 11.0. The number of hydrogen-bond acceptors (Lipinski definition) is 4. The molecule has 0 radical (unpaired) electrons. The van der Waals surface area contributed by atoms with Crippen molar-refractivity contribution < 1.29 is 4.79 Å². The second kappa shape index (κ2) is 6.49. The minimum atomic E-state index is -0.171. The van der Waals surface area contributed by atoms with Crippen LogP contribution in [0.2, 0.25) is 0 Å². The summed E-state index contributed by atoms with van der Waals surface area (Å²) in [5, 5.41) is 1.22. The average Bonchev–Trinajstić information content (AvgIpc) is 3.02. The zero-order valence-electron chi connectivity index (χ0n) is 13.4. The molecule has 1 aliphatic heterocycles. The smallest absolute Gasteiger partial charge is 0.151 e. The van der Waals surface area contributed by atoms with E-state index in [0.29, 0.717) is 5.57 Å². The number of allylic oxidation sites excluding steroid dienone is 2. The quantitative estimate of drug-likeness (QED) is 0.657. The number of carbonyl (C=O) groups is 1. The molecule has 2 aromatic rings. The molecule has 1 unspecified atom stereocenters. The molecule has 0 saturated heterocycles. The van der Waals surface area contributed by atoms with Crippen molar-refractivity contribution in [2.24, 2.45) is 0 Å². The third kappa shape index (κ3) is 2.72. The highest BCUT2D eigenvalue weighted by molar-refractivity contribution is 8.17. The van der Waals surface area contributed by atoms with Gasteiger partial charge in [0.1, 0.15) is 4.08 Å². The highest BCUT2D eigenvalue weighted by atomic mass is 32.2. The van der Waals surface area contributed by atoms with Crippen LogP contribution >= 0.6 is 23.5 Å². The van der Waals surface area contributed by atoms with Gasteiger partial charge in [-0.15, -0.1) is 23.5 Å². The predicted molar refractivity (Wildman–Crippen MR) is 102 cm³/mol. The summed E-state index contributed by atoms with van der Waals surface area (Å²) in [6, 6.07) is 10.7. The van der Waals surface area contributed by atoms with Crippen LogP contribution in [-0.2, 0) is 8.87 Å². The Kier molecular flexibility index (Phi) is 4.60. The Morgan fingerprint density at radius 3 is 2.61 bits per heavy atom. The second-order valence-electron chi connectivity index (χ2n) is 5.56. The van der Waals surface area contributed by atoms with Crippen LogP contribution in [0.15, 0.2) is 54.3 Å². The van der Waals surface area contributed by atoms with Gasteiger partial charge in [0, 0.05) is 30.0 Å². The standard InChI is InChI=1S/C18H20N2OS2/c1-20-11-13(12-21)8-9-17(20)18(22-2,23-3)16-10-14-6-4-5-7-15(14)19-16/h4-12,17,19H,1-3H3. The van der Waals surface area contributed by atoms with Gasteiger partial charge in [0.25, 0.3) is 0 Å². The van der Waals surface area contributed by atoms with E-state index in [0.717, 1.165) is 11.8 Å². The third-order valence-corrected chi connectivity index (χ3v) is 7.44. The number of aromatic nitrogens is 1. The van der Waals surface area contributed by atoms with Crippen molar-refractivity contribution in [2.75, 3.05) is 19.6 Å². The van der Waals surface area contributed by atoms with Crippen LogP contribution in [0.5, 0.6) is 0 Å². The van der Waals surface area contributed by atoms with Crippen molar-refractivity contribution in [3.63, 3.8) is 0 Å². The van der Waals surface area contributed by atoms with Crippen molar-refractivity contribution in [1.82, 2.24) is 9.88 Å². The summed E-state index contributed by atoms with van der Waals surface area (Å²) in [4.78, 5) is 16.7. The largest absolute Gasteiger partial charge is 0.371 e. The number of benzene rings is 1. The summed E-state index contributed by atoms with van der Waals surface area (Å²) < 4.78 is -0.171. The SMILES string of the molecule is CSC(SC)(c1cc2ccccc2[nH]1)C1C=CC(C=O)=CN1C. The molecule has 1 aliphatic rings. The molecule has 120 valence electrons. The lowest BCUT2D eigenvalue weighted by molar-refractivity contribution is -0.104. The molecule has 5 heteroatoms. The highest BCUT2D eigenvalue weighted by Gasteiger charge is 2.42. The fourth-order valence-electron chi connectivity index (χ4n) is 3.13.